The van der Waals surface area contributed by atoms with Gasteiger partial charge >= 0.3 is 5.97 Å². The first-order chi connectivity index (χ1) is 8.21. The summed E-state index contributed by atoms with van der Waals surface area (Å²) in [5.74, 6) is -0.797. The smallest absolute Gasteiger partial charge is 0.317 e. The minimum Gasteiger partial charge on any atom is -0.480 e. The van der Waals surface area contributed by atoms with E-state index in [1.807, 2.05) is 56.9 Å². The summed E-state index contributed by atoms with van der Waals surface area (Å²) in [6, 6.07) is 8.07. The number of carboxylic acids is 1. The first kappa shape index (κ1) is 15.2. The monoisotopic (exact) mass is 313 g/mol. The predicted molar refractivity (Wildman–Crippen MR) is 76.7 cm³/mol. The third-order valence-electron chi connectivity index (χ3n) is 2.99. The summed E-state index contributed by atoms with van der Waals surface area (Å²) in [5, 5.41) is 9.04. The van der Waals surface area contributed by atoms with Gasteiger partial charge in [-0.25, -0.2) is 0 Å². The Morgan fingerprint density at radius 1 is 1.33 bits per heavy atom. The summed E-state index contributed by atoms with van der Waals surface area (Å²) in [4.78, 5) is 13.0. The van der Waals surface area contributed by atoms with Crippen LogP contribution in [0.3, 0.4) is 0 Å². The summed E-state index contributed by atoms with van der Waals surface area (Å²) >= 11 is 3.40. The van der Waals surface area contributed by atoms with Crippen LogP contribution in [0.2, 0.25) is 0 Å². The number of carboxylic acid groups (broad SMARTS) is 1. The normalized spacial score (nSPS) is 13.7. The number of benzene rings is 1. The van der Waals surface area contributed by atoms with E-state index in [0.717, 1.165) is 10.0 Å². The summed E-state index contributed by atoms with van der Waals surface area (Å²) in [7, 11) is 0. The Balaban J connectivity index is 2.98. The third-order valence-corrected chi connectivity index (χ3v) is 3.52. The molecule has 0 spiro atoms. The van der Waals surface area contributed by atoms with Gasteiger partial charge in [0.15, 0.2) is 0 Å². The fourth-order valence-corrected chi connectivity index (χ4v) is 2.29. The highest BCUT2D eigenvalue weighted by molar-refractivity contribution is 9.10. The molecule has 0 amide bonds. The van der Waals surface area contributed by atoms with Crippen LogP contribution in [0.5, 0.6) is 0 Å². The van der Waals surface area contributed by atoms with Crippen LogP contribution in [0.15, 0.2) is 28.7 Å². The number of hydrogen-bond donors (Lipinski definition) is 1. The number of hydrogen-bond acceptors (Lipinski definition) is 2. The molecular weight excluding hydrogens is 294 g/mol. The molecule has 1 aromatic carbocycles. The van der Waals surface area contributed by atoms with Gasteiger partial charge in [-0.2, -0.15) is 0 Å². The molecule has 0 bridgehead atoms. The largest absolute Gasteiger partial charge is 0.480 e. The Bertz CT molecular complexity index is 409. The van der Waals surface area contributed by atoms with E-state index >= 15 is 0 Å². The molecule has 18 heavy (non-hydrogen) atoms. The number of nitrogens with zero attached hydrogens (tertiary/aromatic N) is 1. The summed E-state index contributed by atoms with van der Waals surface area (Å²) in [6.45, 7) is 8.18. The van der Waals surface area contributed by atoms with Crippen molar-refractivity contribution in [2.24, 2.45) is 0 Å². The SMILES string of the molecule is CC(c1ccc(Br)cc1)N(CC(=O)O)C(C)(C)C. The molecule has 0 fully saturated rings. The molecule has 1 rings (SSSR count). The van der Waals surface area contributed by atoms with Crippen LogP contribution in [0, 0.1) is 0 Å². The van der Waals surface area contributed by atoms with Gasteiger partial charge in [0.1, 0.15) is 0 Å². The average molecular weight is 314 g/mol. The van der Waals surface area contributed by atoms with Gasteiger partial charge in [0.25, 0.3) is 0 Å². The van der Waals surface area contributed by atoms with Crippen LogP contribution in [-0.4, -0.2) is 28.1 Å². The zero-order chi connectivity index (χ0) is 13.9. The molecule has 0 aromatic heterocycles. The minimum absolute atomic E-state index is 0.0424. The lowest BCUT2D eigenvalue weighted by Crippen LogP contribution is -2.45. The zero-order valence-electron chi connectivity index (χ0n) is 11.3. The van der Waals surface area contributed by atoms with Gasteiger partial charge in [0, 0.05) is 16.1 Å². The highest BCUT2D eigenvalue weighted by Crippen LogP contribution is 2.28. The standard InChI is InChI=1S/C14H20BrNO2/c1-10(11-5-7-12(15)8-6-11)16(9-13(17)18)14(2,3)4/h5-8,10H,9H2,1-4H3,(H,17,18). The van der Waals surface area contributed by atoms with Crippen molar-refractivity contribution < 1.29 is 9.90 Å². The molecule has 1 atom stereocenters. The van der Waals surface area contributed by atoms with E-state index in [0.29, 0.717) is 0 Å². The second kappa shape index (κ2) is 5.85. The highest BCUT2D eigenvalue weighted by Gasteiger charge is 2.28. The molecule has 0 aliphatic heterocycles. The van der Waals surface area contributed by atoms with Crippen molar-refractivity contribution in [3.63, 3.8) is 0 Å². The molecule has 0 heterocycles. The van der Waals surface area contributed by atoms with Crippen molar-refractivity contribution in [1.82, 2.24) is 4.90 Å². The summed E-state index contributed by atoms with van der Waals surface area (Å²) in [6.07, 6.45) is 0. The van der Waals surface area contributed by atoms with Crippen molar-refractivity contribution in [2.45, 2.75) is 39.3 Å². The molecule has 3 nitrogen and oxygen atoms in total. The van der Waals surface area contributed by atoms with E-state index in [9.17, 15) is 4.79 Å². The molecule has 100 valence electrons. The molecule has 4 heteroatoms. The van der Waals surface area contributed by atoms with Gasteiger partial charge in [-0.05, 0) is 45.4 Å². The van der Waals surface area contributed by atoms with Crippen molar-refractivity contribution >= 4 is 21.9 Å². The second-order valence-electron chi connectivity index (χ2n) is 5.42. The van der Waals surface area contributed by atoms with Crippen molar-refractivity contribution in [3.05, 3.63) is 34.3 Å². The maximum atomic E-state index is 11.0. The van der Waals surface area contributed by atoms with E-state index in [2.05, 4.69) is 15.9 Å². The second-order valence-corrected chi connectivity index (χ2v) is 6.34. The molecule has 0 saturated heterocycles. The van der Waals surface area contributed by atoms with E-state index in [-0.39, 0.29) is 18.1 Å². The van der Waals surface area contributed by atoms with Crippen LogP contribution in [0.1, 0.15) is 39.3 Å². The minimum atomic E-state index is -0.797. The van der Waals surface area contributed by atoms with Crippen molar-refractivity contribution in [1.29, 1.82) is 0 Å². The molecular formula is C14H20BrNO2. The van der Waals surface area contributed by atoms with Crippen LogP contribution < -0.4 is 0 Å². The van der Waals surface area contributed by atoms with Crippen LogP contribution in [0.4, 0.5) is 0 Å². The van der Waals surface area contributed by atoms with Crippen LogP contribution in [0.25, 0.3) is 0 Å². The lowest BCUT2D eigenvalue weighted by Gasteiger charge is -2.39. The van der Waals surface area contributed by atoms with Crippen molar-refractivity contribution in [2.75, 3.05) is 6.54 Å². The Morgan fingerprint density at radius 2 is 1.83 bits per heavy atom. The summed E-state index contributed by atoms with van der Waals surface area (Å²) in [5.41, 5.74) is 0.930. The van der Waals surface area contributed by atoms with Crippen LogP contribution in [-0.2, 0) is 4.79 Å². The number of halogens is 1. The first-order valence-electron chi connectivity index (χ1n) is 5.96. The molecule has 0 aliphatic rings. The third kappa shape index (κ3) is 4.10. The average Bonchev–Trinajstić information content (AvgIpc) is 2.24. The van der Waals surface area contributed by atoms with E-state index in [1.165, 1.54) is 0 Å². The van der Waals surface area contributed by atoms with Crippen molar-refractivity contribution in [3.8, 4) is 0 Å². The van der Waals surface area contributed by atoms with Gasteiger partial charge in [-0.3, -0.25) is 9.69 Å². The molecule has 0 aliphatic carbocycles. The maximum Gasteiger partial charge on any atom is 0.317 e. The predicted octanol–water partition coefficient (Wildman–Crippen LogP) is 3.70. The van der Waals surface area contributed by atoms with Gasteiger partial charge in [-0.1, -0.05) is 28.1 Å². The molecule has 1 N–H and O–H groups in total. The highest BCUT2D eigenvalue weighted by atomic mass is 79.9. The maximum absolute atomic E-state index is 11.0. The fraction of sp³-hybridized carbons (Fsp3) is 0.500. The number of carbonyl (C=O) groups is 1. The number of rotatable bonds is 4. The quantitative estimate of drug-likeness (QED) is 0.921. The zero-order valence-corrected chi connectivity index (χ0v) is 12.9. The molecule has 0 saturated carbocycles. The molecule has 1 unspecified atom stereocenters. The Morgan fingerprint density at radius 3 is 2.22 bits per heavy atom. The van der Waals surface area contributed by atoms with Crippen LogP contribution >= 0.6 is 15.9 Å². The van der Waals surface area contributed by atoms with Gasteiger partial charge < -0.3 is 5.11 Å². The van der Waals surface area contributed by atoms with E-state index in [4.69, 9.17) is 5.11 Å². The first-order valence-corrected chi connectivity index (χ1v) is 6.75. The fourth-order valence-electron chi connectivity index (χ4n) is 2.02. The topological polar surface area (TPSA) is 40.5 Å². The van der Waals surface area contributed by atoms with Gasteiger partial charge in [0.2, 0.25) is 0 Å². The Kier molecular flexibility index (Phi) is 4.93. The lowest BCUT2D eigenvalue weighted by molar-refractivity contribution is -0.140. The Labute approximate surface area is 117 Å². The van der Waals surface area contributed by atoms with E-state index in [1.54, 1.807) is 0 Å². The lowest BCUT2D eigenvalue weighted by atomic mass is 9.99. The van der Waals surface area contributed by atoms with Gasteiger partial charge in [0.05, 0.1) is 6.54 Å². The van der Waals surface area contributed by atoms with E-state index < -0.39 is 5.97 Å². The summed E-state index contributed by atoms with van der Waals surface area (Å²) < 4.78 is 1.03. The molecule has 0 radical (unpaired) electrons. The Hall–Kier alpha value is -0.870. The number of aliphatic carboxylic acids is 1. The molecule has 1 aromatic rings. The van der Waals surface area contributed by atoms with Gasteiger partial charge in [-0.15, -0.1) is 0 Å².